The Balaban J connectivity index is 1.94. The topological polar surface area (TPSA) is 75.3 Å². The number of rotatable bonds is 5. The van der Waals surface area contributed by atoms with Crippen LogP contribution in [0, 0.1) is 0 Å². The smallest absolute Gasteiger partial charge is 0.257 e. The summed E-state index contributed by atoms with van der Waals surface area (Å²) in [5.74, 6) is -0.421. The van der Waals surface area contributed by atoms with Crippen LogP contribution in [0.4, 0.5) is 0 Å². The van der Waals surface area contributed by atoms with Crippen LogP contribution in [0.25, 0.3) is 0 Å². The number of carbonyl (C=O) groups excluding carboxylic acids is 1. The molecule has 0 radical (unpaired) electrons. The van der Waals surface area contributed by atoms with E-state index in [-0.39, 0.29) is 11.3 Å². The molecule has 20 heavy (non-hydrogen) atoms. The van der Waals surface area contributed by atoms with Gasteiger partial charge in [0.1, 0.15) is 0 Å². The number of sulfonamides is 1. The molecule has 2 N–H and O–H groups in total. The SMILES string of the molecule is O=C(Cc1ccccc1)NNS(=O)(=O)c1ccccc1. The van der Waals surface area contributed by atoms with Crippen molar-refractivity contribution in [1.82, 2.24) is 10.3 Å². The molecule has 6 heteroatoms. The molecule has 0 atom stereocenters. The highest BCUT2D eigenvalue weighted by Gasteiger charge is 2.14. The van der Waals surface area contributed by atoms with Crippen molar-refractivity contribution >= 4 is 15.9 Å². The van der Waals surface area contributed by atoms with E-state index in [0.717, 1.165) is 5.56 Å². The summed E-state index contributed by atoms with van der Waals surface area (Å²) in [4.78, 5) is 13.8. The van der Waals surface area contributed by atoms with Gasteiger partial charge < -0.3 is 0 Å². The van der Waals surface area contributed by atoms with Gasteiger partial charge in [-0.3, -0.25) is 10.2 Å². The maximum Gasteiger partial charge on any atom is 0.257 e. The van der Waals surface area contributed by atoms with Crippen LogP contribution in [0.5, 0.6) is 0 Å². The van der Waals surface area contributed by atoms with Gasteiger partial charge in [0.15, 0.2) is 0 Å². The van der Waals surface area contributed by atoms with Crippen molar-refractivity contribution in [2.45, 2.75) is 11.3 Å². The Morgan fingerprint density at radius 3 is 2.05 bits per heavy atom. The van der Waals surface area contributed by atoms with Crippen molar-refractivity contribution in [1.29, 1.82) is 0 Å². The molecule has 0 bridgehead atoms. The summed E-state index contributed by atoms with van der Waals surface area (Å²) in [6, 6.07) is 16.9. The third-order valence-corrected chi connectivity index (χ3v) is 3.85. The van der Waals surface area contributed by atoms with E-state index in [9.17, 15) is 13.2 Å². The maximum atomic E-state index is 11.9. The largest absolute Gasteiger partial charge is 0.277 e. The Hall–Kier alpha value is -2.18. The number of benzene rings is 2. The molecule has 0 aliphatic carbocycles. The third-order valence-electron chi connectivity index (χ3n) is 2.59. The minimum atomic E-state index is -3.73. The lowest BCUT2D eigenvalue weighted by Gasteiger charge is -2.08. The molecule has 1 amide bonds. The predicted molar refractivity (Wildman–Crippen MR) is 75.1 cm³/mol. The minimum absolute atomic E-state index is 0.0972. The highest BCUT2D eigenvalue weighted by Crippen LogP contribution is 2.06. The summed E-state index contributed by atoms with van der Waals surface area (Å²) < 4.78 is 23.7. The van der Waals surface area contributed by atoms with Crippen LogP contribution in [-0.4, -0.2) is 14.3 Å². The molecule has 0 fully saturated rings. The average molecular weight is 290 g/mol. The Morgan fingerprint density at radius 2 is 1.45 bits per heavy atom. The number of nitrogens with one attached hydrogen (secondary N) is 2. The second kappa shape index (κ2) is 6.31. The van der Waals surface area contributed by atoms with Crippen LogP contribution < -0.4 is 10.3 Å². The quantitative estimate of drug-likeness (QED) is 0.814. The number of hydrogen-bond acceptors (Lipinski definition) is 3. The maximum absolute atomic E-state index is 11.9. The molecule has 104 valence electrons. The summed E-state index contributed by atoms with van der Waals surface area (Å²) in [5.41, 5.74) is 3.00. The highest BCUT2D eigenvalue weighted by molar-refractivity contribution is 7.89. The minimum Gasteiger partial charge on any atom is -0.277 e. The van der Waals surface area contributed by atoms with Crippen LogP contribution in [-0.2, 0) is 21.2 Å². The van der Waals surface area contributed by atoms with Gasteiger partial charge in [-0.15, -0.1) is 4.83 Å². The molecular formula is C14H14N2O3S. The van der Waals surface area contributed by atoms with Crippen molar-refractivity contribution < 1.29 is 13.2 Å². The Labute approximate surface area is 117 Å². The Kier molecular flexibility index (Phi) is 4.49. The molecule has 0 unspecified atom stereocenters. The summed E-state index contributed by atoms with van der Waals surface area (Å²) in [5, 5.41) is 0. The lowest BCUT2D eigenvalue weighted by atomic mass is 10.1. The first-order chi connectivity index (χ1) is 9.58. The first kappa shape index (κ1) is 14.2. The molecule has 0 spiro atoms. The predicted octanol–water partition coefficient (Wildman–Crippen LogP) is 1.24. The van der Waals surface area contributed by atoms with Crippen molar-refractivity contribution in [3.63, 3.8) is 0 Å². The van der Waals surface area contributed by atoms with Gasteiger partial charge in [0.05, 0.1) is 11.3 Å². The zero-order valence-corrected chi connectivity index (χ0v) is 11.4. The Bertz CT molecular complexity index is 670. The van der Waals surface area contributed by atoms with Gasteiger partial charge in [-0.1, -0.05) is 48.5 Å². The fourth-order valence-corrected chi connectivity index (χ4v) is 2.49. The first-order valence-corrected chi connectivity index (χ1v) is 7.46. The van der Waals surface area contributed by atoms with E-state index in [1.807, 2.05) is 18.2 Å². The van der Waals surface area contributed by atoms with Crippen molar-refractivity contribution in [2.75, 3.05) is 0 Å². The van der Waals surface area contributed by atoms with E-state index in [4.69, 9.17) is 0 Å². The third kappa shape index (κ3) is 3.91. The summed E-state index contributed by atoms with van der Waals surface area (Å²) in [6.45, 7) is 0. The molecule has 0 saturated carbocycles. The molecule has 2 rings (SSSR count). The summed E-state index contributed by atoms with van der Waals surface area (Å²) in [7, 11) is -3.73. The van der Waals surface area contributed by atoms with Crippen LogP contribution in [0.15, 0.2) is 65.6 Å². The van der Waals surface area contributed by atoms with Crippen LogP contribution in [0.2, 0.25) is 0 Å². The van der Waals surface area contributed by atoms with Crippen molar-refractivity contribution in [2.24, 2.45) is 0 Å². The van der Waals surface area contributed by atoms with Gasteiger partial charge in [0.2, 0.25) is 5.91 Å². The first-order valence-electron chi connectivity index (χ1n) is 5.97. The second-order valence-corrected chi connectivity index (χ2v) is 5.81. The highest BCUT2D eigenvalue weighted by atomic mass is 32.2. The standard InChI is InChI=1S/C14H14N2O3S/c17-14(11-12-7-3-1-4-8-12)15-16-20(18,19)13-9-5-2-6-10-13/h1-10,16H,11H2,(H,15,17). The zero-order valence-electron chi connectivity index (χ0n) is 10.6. The monoisotopic (exact) mass is 290 g/mol. The van der Waals surface area contributed by atoms with E-state index in [0.29, 0.717) is 0 Å². The molecule has 0 aromatic heterocycles. The molecule has 0 heterocycles. The van der Waals surface area contributed by atoms with E-state index in [1.165, 1.54) is 12.1 Å². The molecule has 5 nitrogen and oxygen atoms in total. The fourth-order valence-electron chi connectivity index (χ4n) is 1.61. The van der Waals surface area contributed by atoms with E-state index in [2.05, 4.69) is 10.3 Å². The fraction of sp³-hybridized carbons (Fsp3) is 0.0714. The van der Waals surface area contributed by atoms with Gasteiger partial charge in [0, 0.05) is 0 Å². The van der Waals surface area contributed by atoms with Crippen LogP contribution in [0.1, 0.15) is 5.56 Å². The van der Waals surface area contributed by atoms with Gasteiger partial charge >= 0.3 is 0 Å². The Morgan fingerprint density at radius 1 is 0.900 bits per heavy atom. The van der Waals surface area contributed by atoms with E-state index < -0.39 is 15.9 Å². The van der Waals surface area contributed by atoms with Crippen LogP contribution in [0.3, 0.4) is 0 Å². The molecule has 0 aliphatic rings. The number of amides is 1. The normalized spacial score (nSPS) is 11.0. The second-order valence-electron chi connectivity index (χ2n) is 4.13. The van der Waals surface area contributed by atoms with Crippen molar-refractivity contribution in [3.05, 3.63) is 66.2 Å². The zero-order chi connectivity index (χ0) is 14.4. The lowest BCUT2D eigenvalue weighted by molar-refractivity contribution is -0.120. The molecular weight excluding hydrogens is 276 g/mol. The average Bonchev–Trinajstić information content (AvgIpc) is 2.47. The van der Waals surface area contributed by atoms with E-state index in [1.54, 1.807) is 30.3 Å². The summed E-state index contributed by atoms with van der Waals surface area (Å²) >= 11 is 0. The van der Waals surface area contributed by atoms with Gasteiger partial charge in [-0.2, -0.15) is 0 Å². The van der Waals surface area contributed by atoms with Crippen molar-refractivity contribution in [3.8, 4) is 0 Å². The molecule has 0 saturated heterocycles. The molecule has 2 aromatic carbocycles. The van der Waals surface area contributed by atoms with Gasteiger partial charge in [0.25, 0.3) is 10.0 Å². The number of hydrazine groups is 1. The van der Waals surface area contributed by atoms with Gasteiger partial charge in [-0.25, -0.2) is 8.42 Å². The number of carbonyl (C=O) groups is 1. The number of hydrogen-bond donors (Lipinski definition) is 2. The lowest BCUT2D eigenvalue weighted by Crippen LogP contribution is -2.42. The summed E-state index contributed by atoms with van der Waals surface area (Å²) in [6.07, 6.45) is 0.109. The van der Waals surface area contributed by atoms with Crippen LogP contribution >= 0.6 is 0 Å². The molecule has 2 aromatic rings. The molecule has 0 aliphatic heterocycles. The van der Waals surface area contributed by atoms with E-state index >= 15 is 0 Å². The van der Waals surface area contributed by atoms with Gasteiger partial charge in [-0.05, 0) is 17.7 Å².